The van der Waals surface area contributed by atoms with Gasteiger partial charge in [-0.3, -0.25) is 9.52 Å². The zero-order valence-electron chi connectivity index (χ0n) is 15.9. The van der Waals surface area contributed by atoms with Gasteiger partial charge >= 0.3 is 0 Å². The Morgan fingerprint density at radius 3 is 2.41 bits per heavy atom. The molecule has 6 nitrogen and oxygen atoms in total. The Morgan fingerprint density at radius 2 is 1.78 bits per heavy atom. The highest BCUT2D eigenvalue weighted by molar-refractivity contribution is 7.92. The van der Waals surface area contributed by atoms with Crippen LogP contribution in [0.4, 0.5) is 5.69 Å². The number of rotatable bonds is 9. The molecule has 0 aliphatic rings. The topological polar surface area (TPSA) is 84.5 Å². The molecule has 0 bridgehead atoms. The van der Waals surface area contributed by atoms with Gasteiger partial charge in [-0.05, 0) is 55.3 Å². The number of amides is 1. The molecule has 0 spiro atoms. The van der Waals surface area contributed by atoms with Crippen molar-refractivity contribution in [2.75, 3.05) is 18.4 Å². The molecule has 27 heavy (non-hydrogen) atoms. The lowest BCUT2D eigenvalue weighted by molar-refractivity contribution is 0.0953. The molecule has 0 aliphatic heterocycles. The van der Waals surface area contributed by atoms with E-state index in [-0.39, 0.29) is 10.8 Å². The quantitative estimate of drug-likeness (QED) is 0.639. The maximum Gasteiger partial charge on any atom is 0.261 e. The zero-order chi connectivity index (χ0) is 19.9. The maximum absolute atomic E-state index is 12.6. The van der Waals surface area contributed by atoms with Crippen LogP contribution < -0.4 is 14.8 Å². The number of anilines is 1. The summed E-state index contributed by atoms with van der Waals surface area (Å²) in [5.74, 6) is 0.364. The monoisotopic (exact) mass is 390 g/mol. The van der Waals surface area contributed by atoms with E-state index in [0.29, 0.717) is 23.5 Å². The van der Waals surface area contributed by atoms with Crippen molar-refractivity contribution >= 4 is 21.6 Å². The summed E-state index contributed by atoms with van der Waals surface area (Å²) < 4.78 is 32.9. The van der Waals surface area contributed by atoms with Crippen molar-refractivity contribution in [3.8, 4) is 5.75 Å². The summed E-state index contributed by atoms with van der Waals surface area (Å²) in [7, 11) is -2.25. The van der Waals surface area contributed by atoms with E-state index in [1.807, 2.05) is 0 Å². The lowest BCUT2D eigenvalue weighted by Gasteiger charge is -2.13. The summed E-state index contributed by atoms with van der Waals surface area (Å²) in [5.41, 5.74) is 1.53. The Hall–Kier alpha value is -2.54. The predicted molar refractivity (Wildman–Crippen MR) is 107 cm³/mol. The van der Waals surface area contributed by atoms with Crippen molar-refractivity contribution in [1.82, 2.24) is 5.32 Å². The van der Waals surface area contributed by atoms with Crippen LogP contribution in [0.1, 0.15) is 42.1 Å². The number of ether oxygens (including phenoxy) is 1. The van der Waals surface area contributed by atoms with Gasteiger partial charge in [-0.25, -0.2) is 8.42 Å². The molecular formula is C20H26N2O4S. The molecule has 2 N–H and O–H groups in total. The first-order chi connectivity index (χ1) is 12.9. The number of aryl methyl sites for hydroxylation is 1. The zero-order valence-corrected chi connectivity index (χ0v) is 16.7. The van der Waals surface area contributed by atoms with E-state index in [4.69, 9.17) is 4.74 Å². The molecule has 0 aromatic heterocycles. The van der Waals surface area contributed by atoms with Crippen LogP contribution in [0.3, 0.4) is 0 Å². The maximum atomic E-state index is 12.6. The van der Waals surface area contributed by atoms with Crippen molar-refractivity contribution in [1.29, 1.82) is 0 Å². The van der Waals surface area contributed by atoms with Crippen molar-refractivity contribution in [2.45, 2.75) is 38.0 Å². The van der Waals surface area contributed by atoms with Gasteiger partial charge in [0.15, 0.2) is 0 Å². The summed E-state index contributed by atoms with van der Waals surface area (Å²) in [6.07, 6.45) is 3.06. The number of benzene rings is 2. The van der Waals surface area contributed by atoms with Gasteiger partial charge < -0.3 is 10.1 Å². The SMILES string of the molecule is CCCCCNC(=O)c1ccc(C)c(NS(=O)(=O)c2ccc(OC)cc2)c1. The minimum atomic E-state index is -3.76. The van der Waals surface area contributed by atoms with E-state index in [9.17, 15) is 13.2 Å². The lowest BCUT2D eigenvalue weighted by Crippen LogP contribution is -2.24. The summed E-state index contributed by atoms with van der Waals surface area (Å²) in [6.45, 7) is 4.49. The van der Waals surface area contributed by atoms with Crippen LogP contribution >= 0.6 is 0 Å². The number of unbranched alkanes of at least 4 members (excludes halogenated alkanes) is 2. The number of carbonyl (C=O) groups is 1. The van der Waals surface area contributed by atoms with Crippen molar-refractivity contribution in [3.05, 3.63) is 53.6 Å². The number of carbonyl (C=O) groups excluding carboxylic acids is 1. The second kappa shape index (κ2) is 9.41. The molecule has 2 aromatic carbocycles. The van der Waals surface area contributed by atoms with E-state index in [1.165, 1.54) is 19.2 Å². The highest BCUT2D eigenvalue weighted by Crippen LogP contribution is 2.22. The van der Waals surface area contributed by atoms with Crippen LogP contribution in [0.25, 0.3) is 0 Å². The van der Waals surface area contributed by atoms with Crippen LogP contribution in [-0.2, 0) is 10.0 Å². The number of nitrogens with one attached hydrogen (secondary N) is 2. The first-order valence-electron chi connectivity index (χ1n) is 8.93. The minimum Gasteiger partial charge on any atom is -0.497 e. The van der Waals surface area contributed by atoms with Crippen LogP contribution in [0, 0.1) is 6.92 Å². The molecular weight excluding hydrogens is 364 g/mol. The molecule has 0 unspecified atom stereocenters. The molecule has 1 amide bonds. The summed E-state index contributed by atoms with van der Waals surface area (Å²) in [5, 5.41) is 2.86. The minimum absolute atomic E-state index is 0.122. The molecule has 7 heteroatoms. The van der Waals surface area contributed by atoms with Gasteiger partial charge in [0.1, 0.15) is 5.75 Å². The lowest BCUT2D eigenvalue weighted by atomic mass is 10.1. The van der Waals surface area contributed by atoms with E-state index >= 15 is 0 Å². The first-order valence-corrected chi connectivity index (χ1v) is 10.4. The molecule has 0 radical (unpaired) electrons. The van der Waals surface area contributed by atoms with Crippen molar-refractivity contribution in [3.63, 3.8) is 0 Å². The molecule has 0 saturated heterocycles. The second-order valence-corrected chi connectivity index (χ2v) is 7.96. The largest absolute Gasteiger partial charge is 0.497 e. The Bertz CT molecular complexity index is 877. The average molecular weight is 391 g/mol. The highest BCUT2D eigenvalue weighted by atomic mass is 32.2. The molecule has 0 atom stereocenters. The number of hydrogen-bond acceptors (Lipinski definition) is 4. The number of hydrogen-bond donors (Lipinski definition) is 2. The summed E-state index contributed by atoms with van der Waals surface area (Å²) >= 11 is 0. The van der Waals surface area contributed by atoms with Crippen molar-refractivity contribution in [2.24, 2.45) is 0 Å². The molecule has 0 heterocycles. The molecule has 0 saturated carbocycles. The van der Waals surface area contributed by atoms with Gasteiger partial charge in [0.25, 0.3) is 15.9 Å². The van der Waals surface area contributed by atoms with Gasteiger partial charge in [0, 0.05) is 12.1 Å². The smallest absolute Gasteiger partial charge is 0.261 e. The number of sulfonamides is 1. The van der Waals surface area contributed by atoms with Crippen molar-refractivity contribution < 1.29 is 17.9 Å². The standard InChI is InChI=1S/C20H26N2O4S/c1-4-5-6-13-21-20(23)16-8-7-15(2)19(14-16)22-27(24,25)18-11-9-17(26-3)10-12-18/h7-12,14,22H,4-6,13H2,1-3H3,(H,21,23). The number of methoxy groups -OCH3 is 1. The normalized spacial score (nSPS) is 11.1. The van der Waals surface area contributed by atoms with Gasteiger partial charge in [-0.2, -0.15) is 0 Å². The van der Waals surface area contributed by atoms with Crippen LogP contribution in [0.2, 0.25) is 0 Å². The van der Waals surface area contributed by atoms with Gasteiger partial charge in [-0.1, -0.05) is 25.8 Å². The van der Waals surface area contributed by atoms with E-state index in [2.05, 4.69) is 17.0 Å². The summed E-state index contributed by atoms with van der Waals surface area (Å²) in [4.78, 5) is 12.4. The van der Waals surface area contributed by atoms with Gasteiger partial charge in [0.2, 0.25) is 0 Å². The van der Waals surface area contributed by atoms with Gasteiger partial charge in [0.05, 0.1) is 17.7 Å². The van der Waals surface area contributed by atoms with E-state index in [1.54, 1.807) is 37.3 Å². The average Bonchev–Trinajstić information content (AvgIpc) is 2.66. The highest BCUT2D eigenvalue weighted by Gasteiger charge is 2.17. The third-order valence-corrected chi connectivity index (χ3v) is 5.56. The molecule has 0 fully saturated rings. The van der Waals surface area contributed by atoms with Crippen LogP contribution in [0.5, 0.6) is 5.75 Å². The summed E-state index contributed by atoms with van der Waals surface area (Å²) in [6, 6.07) is 11.1. The third-order valence-electron chi connectivity index (χ3n) is 4.18. The van der Waals surface area contributed by atoms with Crippen LogP contribution in [-0.4, -0.2) is 28.0 Å². The first kappa shape index (κ1) is 20.8. The molecule has 2 aromatic rings. The Labute approximate surface area is 161 Å². The Kier molecular flexibility index (Phi) is 7.24. The molecule has 0 aliphatic carbocycles. The predicted octanol–water partition coefficient (Wildman–Crippen LogP) is 3.72. The Morgan fingerprint density at radius 1 is 1.07 bits per heavy atom. The van der Waals surface area contributed by atoms with Gasteiger partial charge in [-0.15, -0.1) is 0 Å². The van der Waals surface area contributed by atoms with E-state index in [0.717, 1.165) is 24.8 Å². The fraction of sp³-hybridized carbons (Fsp3) is 0.350. The van der Waals surface area contributed by atoms with Crippen LogP contribution in [0.15, 0.2) is 47.4 Å². The van der Waals surface area contributed by atoms with E-state index < -0.39 is 10.0 Å². The fourth-order valence-electron chi connectivity index (χ4n) is 2.51. The fourth-order valence-corrected chi connectivity index (χ4v) is 3.63. The second-order valence-electron chi connectivity index (χ2n) is 6.27. The molecule has 146 valence electrons. The third kappa shape index (κ3) is 5.72. The Balaban J connectivity index is 2.16. The molecule has 2 rings (SSSR count).